The number of ether oxygens (including phenoxy) is 1. The first-order valence-electron chi connectivity index (χ1n) is 5.25. The number of rotatable bonds is 2. The number of methoxy groups -OCH3 is 1. The number of nitrogens with zero attached hydrogens (tertiary/aromatic N) is 4. The summed E-state index contributed by atoms with van der Waals surface area (Å²) in [6.45, 7) is 0. The minimum atomic E-state index is -0.555. The van der Waals surface area contributed by atoms with Crippen molar-refractivity contribution in [1.82, 2.24) is 19.8 Å². The minimum absolute atomic E-state index is 0.0807. The third-order valence-electron chi connectivity index (χ3n) is 2.45. The van der Waals surface area contributed by atoms with Crippen LogP contribution in [0.5, 0.6) is 0 Å². The lowest BCUT2D eigenvalue weighted by Gasteiger charge is -1.95. The van der Waals surface area contributed by atoms with E-state index in [9.17, 15) is 4.79 Å². The van der Waals surface area contributed by atoms with Crippen LogP contribution in [0.3, 0.4) is 0 Å². The highest BCUT2D eigenvalue weighted by molar-refractivity contribution is 9.10. The summed E-state index contributed by atoms with van der Waals surface area (Å²) in [5, 5.41) is 12.8. The second kappa shape index (κ2) is 4.71. The number of aromatic nitrogens is 4. The fourth-order valence-corrected chi connectivity index (χ4v) is 2.65. The summed E-state index contributed by atoms with van der Waals surface area (Å²) >= 11 is 4.74. The molecule has 8 heteroatoms. The molecule has 3 aromatic rings. The van der Waals surface area contributed by atoms with Gasteiger partial charge in [-0.15, -0.1) is 10.2 Å². The zero-order chi connectivity index (χ0) is 13.4. The van der Waals surface area contributed by atoms with Crippen molar-refractivity contribution < 1.29 is 9.53 Å². The van der Waals surface area contributed by atoms with Gasteiger partial charge in [0.25, 0.3) is 5.82 Å². The Morgan fingerprint density at radius 3 is 2.74 bits per heavy atom. The third kappa shape index (κ3) is 2.13. The van der Waals surface area contributed by atoms with Gasteiger partial charge in [-0.3, -0.25) is 0 Å². The van der Waals surface area contributed by atoms with E-state index in [1.165, 1.54) is 23.0 Å². The van der Waals surface area contributed by atoms with E-state index in [0.29, 0.717) is 4.96 Å². The van der Waals surface area contributed by atoms with Crippen LogP contribution in [-0.4, -0.2) is 32.9 Å². The Morgan fingerprint density at radius 2 is 2.05 bits per heavy atom. The lowest BCUT2D eigenvalue weighted by atomic mass is 10.2. The summed E-state index contributed by atoms with van der Waals surface area (Å²) in [4.78, 5) is 12.0. The van der Waals surface area contributed by atoms with Crippen molar-refractivity contribution in [2.24, 2.45) is 0 Å². The van der Waals surface area contributed by atoms with Gasteiger partial charge in [0.1, 0.15) is 5.01 Å². The van der Waals surface area contributed by atoms with Crippen molar-refractivity contribution in [2.75, 3.05) is 7.11 Å². The number of carbonyl (C=O) groups excluding carboxylic acids is 1. The van der Waals surface area contributed by atoms with Crippen molar-refractivity contribution in [3.63, 3.8) is 0 Å². The fraction of sp³-hybridized carbons (Fsp3) is 0.0909. The zero-order valence-corrected chi connectivity index (χ0v) is 12.1. The van der Waals surface area contributed by atoms with E-state index in [1.54, 1.807) is 0 Å². The highest BCUT2D eigenvalue weighted by atomic mass is 79.9. The molecule has 1 aromatic carbocycles. The lowest BCUT2D eigenvalue weighted by molar-refractivity contribution is 0.0584. The molecular weight excluding hydrogens is 332 g/mol. The molecule has 0 N–H and O–H groups in total. The molecule has 6 nitrogen and oxygen atoms in total. The predicted octanol–water partition coefficient (Wildman–Crippen LogP) is 2.40. The van der Waals surface area contributed by atoms with Crippen molar-refractivity contribution >= 4 is 38.2 Å². The average Bonchev–Trinajstić information content (AvgIpc) is 2.98. The topological polar surface area (TPSA) is 69.4 Å². The predicted molar refractivity (Wildman–Crippen MR) is 73.1 cm³/mol. The number of fused-ring (bicyclic) bond motifs is 1. The smallest absolute Gasteiger partial charge is 0.378 e. The number of carbonyl (C=O) groups is 1. The summed E-state index contributed by atoms with van der Waals surface area (Å²) < 4.78 is 7.02. The summed E-state index contributed by atoms with van der Waals surface area (Å²) in [6.07, 6.45) is 0. The summed E-state index contributed by atoms with van der Waals surface area (Å²) in [6, 6.07) is 7.74. The number of benzene rings is 1. The Labute approximate surface area is 120 Å². The Balaban J connectivity index is 2.09. The average molecular weight is 339 g/mol. The van der Waals surface area contributed by atoms with Crippen molar-refractivity contribution in [1.29, 1.82) is 0 Å². The van der Waals surface area contributed by atoms with Gasteiger partial charge in [-0.25, -0.2) is 4.79 Å². The summed E-state index contributed by atoms with van der Waals surface area (Å²) in [7, 11) is 1.30. The molecule has 0 fully saturated rings. The minimum Gasteiger partial charge on any atom is -0.463 e. The molecular formula is C11H7BrN4O2S. The van der Waals surface area contributed by atoms with Gasteiger partial charge in [0.05, 0.1) is 7.11 Å². The summed E-state index contributed by atoms with van der Waals surface area (Å²) in [5.74, 6) is -0.475. The van der Waals surface area contributed by atoms with Crippen LogP contribution < -0.4 is 0 Å². The highest BCUT2D eigenvalue weighted by Crippen LogP contribution is 2.26. The van der Waals surface area contributed by atoms with Crippen molar-refractivity contribution in [2.45, 2.75) is 0 Å². The summed E-state index contributed by atoms with van der Waals surface area (Å²) in [5.41, 5.74) is 0.953. The molecule has 0 radical (unpaired) electrons. The van der Waals surface area contributed by atoms with Crippen LogP contribution in [0.1, 0.15) is 10.6 Å². The number of hydrogen-bond acceptors (Lipinski definition) is 6. The van der Waals surface area contributed by atoms with Crippen LogP contribution in [0.25, 0.3) is 15.5 Å². The maximum Gasteiger partial charge on any atom is 0.378 e. The molecule has 2 aromatic heterocycles. The molecule has 19 heavy (non-hydrogen) atoms. The van der Waals surface area contributed by atoms with E-state index in [4.69, 9.17) is 0 Å². The Hall–Kier alpha value is -1.80. The molecule has 0 atom stereocenters. The monoisotopic (exact) mass is 338 g/mol. The van der Waals surface area contributed by atoms with Crippen LogP contribution in [0, 0.1) is 0 Å². The molecule has 0 aliphatic carbocycles. The Kier molecular flexibility index (Phi) is 3.03. The molecule has 0 amide bonds. The molecule has 3 rings (SSSR count). The molecule has 0 aliphatic heterocycles. The number of esters is 1. The molecule has 0 unspecified atom stereocenters. The van der Waals surface area contributed by atoms with Crippen molar-refractivity contribution in [3.8, 4) is 10.6 Å². The number of halogens is 1. The van der Waals surface area contributed by atoms with Crippen LogP contribution in [0.4, 0.5) is 0 Å². The molecule has 0 aliphatic rings. The Bertz CT molecular complexity index is 750. The molecule has 0 bridgehead atoms. The van der Waals surface area contributed by atoms with Crippen LogP contribution in [-0.2, 0) is 4.74 Å². The Morgan fingerprint density at radius 1 is 1.32 bits per heavy atom. The van der Waals surface area contributed by atoms with Gasteiger partial charge >= 0.3 is 5.97 Å². The van der Waals surface area contributed by atoms with E-state index in [-0.39, 0.29) is 5.82 Å². The van der Waals surface area contributed by atoms with E-state index in [1.807, 2.05) is 24.3 Å². The quantitative estimate of drug-likeness (QED) is 0.671. The van der Waals surface area contributed by atoms with Gasteiger partial charge in [0.2, 0.25) is 4.96 Å². The molecule has 0 saturated heterocycles. The van der Waals surface area contributed by atoms with E-state index >= 15 is 0 Å². The van der Waals surface area contributed by atoms with E-state index in [2.05, 4.69) is 36.0 Å². The highest BCUT2D eigenvalue weighted by Gasteiger charge is 2.18. The van der Waals surface area contributed by atoms with Gasteiger partial charge in [0.15, 0.2) is 0 Å². The second-order valence-corrected chi connectivity index (χ2v) is 5.50. The second-order valence-electron chi connectivity index (χ2n) is 3.62. The third-order valence-corrected chi connectivity index (χ3v) is 3.93. The van der Waals surface area contributed by atoms with Gasteiger partial charge in [-0.05, 0) is 12.1 Å². The lowest BCUT2D eigenvalue weighted by Crippen LogP contribution is -2.07. The molecule has 0 spiro atoms. The standard InChI is InChI=1S/C11H7BrN4O2S/c1-18-10(17)8-13-14-11-16(8)15-9(19-11)6-2-4-7(12)5-3-6/h2-5H,1H3. The van der Waals surface area contributed by atoms with E-state index < -0.39 is 5.97 Å². The zero-order valence-electron chi connectivity index (χ0n) is 9.70. The first-order chi connectivity index (χ1) is 9.19. The van der Waals surface area contributed by atoms with Crippen LogP contribution in [0.15, 0.2) is 28.7 Å². The fourth-order valence-electron chi connectivity index (χ4n) is 1.54. The van der Waals surface area contributed by atoms with Crippen LogP contribution in [0.2, 0.25) is 0 Å². The first-order valence-corrected chi connectivity index (χ1v) is 6.86. The first kappa shape index (κ1) is 12.2. The van der Waals surface area contributed by atoms with Gasteiger partial charge < -0.3 is 4.74 Å². The van der Waals surface area contributed by atoms with E-state index in [0.717, 1.165) is 15.0 Å². The van der Waals surface area contributed by atoms with Gasteiger partial charge in [0, 0.05) is 10.0 Å². The SMILES string of the molecule is COC(=O)c1nnc2sc(-c3ccc(Br)cc3)nn12. The molecule has 96 valence electrons. The maximum absolute atomic E-state index is 11.5. The normalized spacial score (nSPS) is 10.8. The number of hydrogen-bond donors (Lipinski definition) is 0. The van der Waals surface area contributed by atoms with Crippen molar-refractivity contribution in [3.05, 3.63) is 34.6 Å². The molecule has 2 heterocycles. The van der Waals surface area contributed by atoms with Gasteiger partial charge in [-0.2, -0.15) is 9.61 Å². The van der Waals surface area contributed by atoms with Gasteiger partial charge in [-0.1, -0.05) is 39.4 Å². The van der Waals surface area contributed by atoms with Crippen LogP contribution >= 0.6 is 27.3 Å². The maximum atomic E-state index is 11.5. The molecule has 0 saturated carbocycles. The largest absolute Gasteiger partial charge is 0.463 e.